The summed E-state index contributed by atoms with van der Waals surface area (Å²) >= 11 is 0. The van der Waals surface area contributed by atoms with Gasteiger partial charge in [0.05, 0.1) is 17.7 Å². The van der Waals surface area contributed by atoms with Crippen molar-refractivity contribution in [1.82, 2.24) is 4.90 Å². The van der Waals surface area contributed by atoms with Crippen molar-refractivity contribution in [2.24, 2.45) is 0 Å². The highest BCUT2D eigenvalue weighted by Gasteiger charge is 2.20. The molecule has 1 atom stereocenters. The summed E-state index contributed by atoms with van der Waals surface area (Å²) in [5.41, 5.74) is 2.86. The molecule has 0 fully saturated rings. The van der Waals surface area contributed by atoms with Crippen molar-refractivity contribution in [3.05, 3.63) is 65.2 Å². The van der Waals surface area contributed by atoms with Gasteiger partial charge in [-0.3, -0.25) is 4.79 Å². The number of ether oxygens (including phenoxy) is 1. The molecular weight excluding hydrogens is 312 g/mol. The second-order valence-electron chi connectivity index (χ2n) is 5.88. The van der Waals surface area contributed by atoms with Gasteiger partial charge in [-0.15, -0.1) is 0 Å². The first-order valence-corrected chi connectivity index (χ1v) is 8.60. The van der Waals surface area contributed by atoms with Crippen molar-refractivity contribution in [1.29, 1.82) is 5.26 Å². The molecule has 25 heavy (non-hydrogen) atoms. The van der Waals surface area contributed by atoms with E-state index in [1.54, 1.807) is 17.0 Å². The Morgan fingerprint density at radius 1 is 1.12 bits per heavy atom. The standard InChI is InChI=1S/C21H24N2O2/c1-4-17-8-12-20(13-9-17)25-15-21(24)23(5-2)16(3)19-10-6-18(14-22)7-11-19/h6-13,16H,4-5,15H2,1-3H3. The van der Waals surface area contributed by atoms with Crippen LogP contribution < -0.4 is 4.74 Å². The first-order valence-electron chi connectivity index (χ1n) is 8.60. The van der Waals surface area contributed by atoms with E-state index in [0.29, 0.717) is 17.9 Å². The van der Waals surface area contributed by atoms with Gasteiger partial charge in [0.2, 0.25) is 0 Å². The van der Waals surface area contributed by atoms with E-state index < -0.39 is 0 Å². The molecule has 0 aliphatic rings. The molecule has 1 unspecified atom stereocenters. The Labute approximate surface area is 149 Å². The molecule has 4 heteroatoms. The van der Waals surface area contributed by atoms with Crippen LogP contribution in [-0.2, 0) is 11.2 Å². The summed E-state index contributed by atoms with van der Waals surface area (Å²) in [4.78, 5) is 14.3. The van der Waals surface area contributed by atoms with E-state index in [4.69, 9.17) is 10.00 Å². The summed E-state index contributed by atoms with van der Waals surface area (Å²) < 4.78 is 5.64. The third-order valence-corrected chi connectivity index (χ3v) is 4.34. The highest BCUT2D eigenvalue weighted by molar-refractivity contribution is 5.78. The van der Waals surface area contributed by atoms with Crippen LogP contribution in [-0.4, -0.2) is 24.0 Å². The average Bonchev–Trinajstić information content (AvgIpc) is 2.67. The van der Waals surface area contributed by atoms with Gasteiger partial charge in [-0.1, -0.05) is 31.2 Å². The number of hydrogen-bond acceptors (Lipinski definition) is 3. The van der Waals surface area contributed by atoms with E-state index in [1.165, 1.54) is 5.56 Å². The van der Waals surface area contributed by atoms with Crippen molar-refractivity contribution < 1.29 is 9.53 Å². The zero-order chi connectivity index (χ0) is 18.2. The molecule has 2 rings (SSSR count). The molecule has 2 aromatic rings. The molecule has 2 aromatic carbocycles. The van der Waals surface area contributed by atoms with Crippen molar-refractivity contribution in [3.63, 3.8) is 0 Å². The summed E-state index contributed by atoms with van der Waals surface area (Å²) in [6, 6.07) is 17.2. The predicted molar refractivity (Wildman–Crippen MR) is 98.3 cm³/mol. The molecular formula is C21H24N2O2. The van der Waals surface area contributed by atoms with Gasteiger partial charge in [-0.25, -0.2) is 0 Å². The van der Waals surface area contributed by atoms with E-state index in [-0.39, 0.29) is 18.6 Å². The Balaban J connectivity index is 1.99. The molecule has 0 aliphatic carbocycles. The Morgan fingerprint density at radius 3 is 2.28 bits per heavy atom. The van der Waals surface area contributed by atoms with Crippen LogP contribution in [0, 0.1) is 11.3 Å². The molecule has 0 spiro atoms. The maximum atomic E-state index is 12.6. The number of carbonyl (C=O) groups is 1. The summed E-state index contributed by atoms with van der Waals surface area (Å²) in [5, 5.41) is 8.89. The second-order valence-corrected chi connectivity index (χ2v) is 5.88. The molecule has 0 heterocycles. The van der Waals surface area contributed by atoms with E-state index >= 15 is 0 Å². The Morgan fingerprint density at radius 2 is 1.76 bits per heavy atom. The van der Waals surface area contributed by atoms with E-state index in [9.17, 15) is 4.79 Å². The topological polar surface area (TPSA) is 53.3 Å². The zero-order valence-electron chi connectivity index (χ0n) is 15.0. The zero-order valence-corrected chi connectivity index (χ0v) is 15.0. The summed E-state index contributed by atoms with van der Waals surface area (Å²) in [6.07, 6.45) is 0.977. The minimum Gasteiger partial charge on any atom is -0.484 e. The van der Waals surface area contributed by atoms with Gasteiger partial charge in [0.15, 0.2) is 6.61 Å². The average molecular weight is 336 g/mol. The second kappa shape index (κ2) is 8.89. The number of hydrogen-bond donors (Lipinski definition) is 0. The Bertz CT molecular complexity index is 730. The minimum atomic E-state index is -0.0729. The quantitative estimate of drug-likeness (QED) is 0.764. The first kappa shape index (κ1) is 18.5. The Hall–Kier alpha value is -2.80. The normalized spacial score (nSPS) is 11.4. The number of aryl methyl sites for hydroxylation is 1. The summed E-state index contributed by atoms with van der Waals surface area (Å²) in [5.74, 6) is 0.645. The van der Waals surface area contributed by atoms with E-state index in [0.717, 1.165) is 12.0 Å². The van der Waals surface area contributed by atoms with Crippen molar-refractivity contribution in [2.45, 2.75) is 33.2 Å². The molecule has 0 saturated heterocycles. The molecule has 0 bridgehead atoms. The van der Waals surface area contributed by atoms with Crippen LogP contribution in [0.1, 0.15) is 43.5 Å². The number of likely N-dealkylation sites (N-methyl/N-ethyl adjacent to an activating group) is 1. The molecule has 4 nitrogen and oxygen atoms in total. The number of amides is 1. The van der Waals surface area contributed by atoms with Crippen molar-refractivity contribution >= 4 is 5.91 Å². The highest BCUT2D eigenvalue weighted by Crippen LogP contribution is 2.21. The lowest BCUT2D eigenvalue weighted by Crippen LogP contribution is -2.36. The molecule has 1 amide bonds. The van der Waals surface area contributed by atoms with Gasteiger partial charge in [-0.05, 0) is 55.7 Å². The van der Waals surface area contributed by atoms with Gasteiger partial charge in [0.1, 0.15) is 5.75 Å². The third kappa shape index (κ3) is 4.84. The van der Waals surface area contributed by atoms with Crippen LogP contribution in [0.5, 0.6) is 5.75 Å². The van der Waals surface area contributed by atoms with Crippen molar-refractivity contribution in [2.75, 3.05) is 13.2 Å². The molecule has 130 valence electrons. The lowest BCUT2D eigenvalue weighted by Gasteiger charge is -2.28. The number of rotatable bonds is 7. The lowest BCUT2D eigenvalue weighted by molar-refractivity contribution is -0.135. The fourth-order valence-electron chi connectivity index (χ4n) is 2.73. The smallest absolute Gasteiger partial charge is 0.260 e. The van der Waals surface area contributed by atoms with Crippen LogP contribution in [0.2, 0.25) is 0 Å². The monoisotopic (exact) mass is 336 g/mol. The number of nitrogens with zero attached hydrogens (tertiary/aromatic N) is 2. The van der Waals surface area contributed by atoms with E-state index in [1.807, 2.05) is 50.2 Å². The largest absolute Gasteiger partial charge is 0.484 e. The van der Waals surface area contributed by atoms with Crippen LogP contribution in [0.25, 0.3) is 0 Å². The SMILES string of the molecule is CCc1ccc(OCC(=O)N(CC)C(C)c2ccc(C#N)cc2)cc1. The van der Waals surface area contributed by atoms with Crippen LogP contribution in [0.3, 0.4) is 0 Å². The number of nitriles is 1. The Kier molecular flexibility index (Phi) is 6.59. The summed E-state index contributed by atoms with van der Waals surface area (Å²) in [6.45, 7) is 6.65. The third-order valence-electron chi connectivity index (χ3n) is 4.34. The summed E-state index contributed by atoms with van der Waals surface area (Å²) in [7, 11) is 0. The minimum absolute atomic E-state index is 0.0138. The maximum absolute atomic E-state index is 12.6. The maximum Gasteiger partial charge on any atom is 0.260 e. The van der Waals surface area contributed by atoms with Gasteiger partial charge < -0.3 is 9.64 Å². The highest BCUT2D eigenvalue weighted by atomic mass is 16.5. The fraction of sp³-hybridized carbons (Fsp3) is 0.333. The van der Waals surface area contributed by atoms with Crippen LogP contribution >= 0.6 is 0 Å². The van der Waals surface area contributed by atoms with Crippen LogP contribution in [0.15, 0.2) is 48.5 Å². The van der Waals surface area contributed by atoms with Gasteiger partial charge in [-0.2, -0.15) is 5.26 Å². The van der Waals surface area contributed by atoms with Gasteiger partial charge in [0, 0.05) is 6.54 Å². The van der Waals surface area contributed by atoms with Crippen LogP contribution in [0.4, 0.5) is 0 Å². The predicted octanol–water partition coefficient (Wildman–Crippen LogP) is 4.11. The number of carbonyl (C=O) groups excluding carboxylic acids is 1. The molecule has 0 saturated carbocycles. The lowest BCUT2D eigenvalue weighted by atomic mass is 10.0. The van der Waals surface area contributed by atoms with Gasteiger partial charge in [0.25, 0.3) is 5.91 Å². The molecule has 0 radical (unpaired) electrons. The molecule has 0 N–H and O–H groups in total. The fourth-order valence-corrected chi connectivity index (χ4v) is 2.73. The molecule has 0 aliphatic heterocycles. The van der Waals surface area contributed by atoms with Crippen molar-refractivity contribution in [3.8, 4) is 11.8 Å². The first-order chi connectivity index (χ1) is 12.1. The number of benzene rings is 2. The van der Waals surface area contributed by atoms with E-state index in [2.05, 4.69) is 13.0 Å². The molecule has 0 aromatic heterocycles. The van der Waals surface area contributed by atoms with Gasteiger partial charge >= 0.3 is 0 Å².